The first-order chi connectivity index (χ1) is 11.1. The molecule has 0 unspecified atom stereocenters. The van der Waals surface area contributed by atoms with Crippen molar-refractivity contribution in [2.75, 3.05) is 0 Å². The number of hydrogen-bond acceptors (Lipinski definition) is 4. The van der Waals surface area contributed by atoms with Crippen LogP contribution in [0, 0.1) is 12.7 Å². The lowest BCUT2D eigenvalue weighted by Gasteiger charge is -2.03. The van der Waals surface area contributed by atoms with E-state index in [1.807, 2.05) is 31.2 Å². The van der Waals surface area contributed by atoms with Crippen LogP contribution in [0.4, 0.5) is 4.39 Å². The van der Waals surface area contributed by atoms with E-state index in [4.69, 9.17) is 4.74 Å². The normalized spacial score (nSPS) is 10.5. The molecule has 3 aromatic rings. The van der Waals surface area contributed by atoms with Crippen LogP contribution in [0.3, 0.4) is 0 Å². The molecule has 1 heterocycles. The molecule has 0 aliphatic rings. The van der Waals surface area contributed by atoms with Crippen molar-refractivity contribution >= 4 is 5.97 Å². The number of nitrogens with zero attached hydrogens (tertiary/aromatic N) is 3. The molecule has 0 saturated heterocycles. The van der Waals surface area contributed by atoms with Crippen LogP contribution in [-0.2, 0) is 11.3 Å². The van der Waals surface area contributed by atoms with Crippen molar-refractivity contribution in [1.82, 2.24) is 15.0 Å². The summed E-state index contributed by atoms with van der Waals surface area (Å²) >= 11 is 0. The molecule has 23 heavy (non-hydrogen) atoms. The highest BCUT2D eigenvalue weighted by Crippen LogP contribution is 2.13. The molecule has 0 aliphatic heterocycles. The lowest BCUT2D eigenvalue weighted by atomic mass is 10.2. The Kier molecular flexibility index (Phi) is 4.14. The van der Waals surface area contributed by atoms with E-state index < -0.39 is 11.8 Å². The van der Waals surface area contributed by atoms with E-state index in [1.54, 1.807) is 10.9 Å². The number of carbonyl (C=O) groups excluding carboxylic acids is 1. The first kappa shape index (κ1) is 14.9. The number of hydrogen-bond donors (Lipinski definition) is 0. The largest absolute Gasteiger partial charge is 0.455 e. The molecule has 0 spiro atoms. The summed E-state index contributed by atoms with van der Waals surface area (Å²) in [5.41, 5.74) is 2.80. The van der Waals surface area contributed by atoms with Gasteiger partial charge in [0.05, 0.1) is 17.4 Å². The summed E-state index contributed by atoms with van der Waals surface area (Å²) in [4.78, 5) is 11.9. The van der Waals surface area contributed by atoms with Gasteiger partial charge in [0.2, 0.25) is 0 Å². The van der Waals surface area contributed by atoms with Crippen molar-refractivity contribution in [3.63, 3.8) is 0 Å². The third kappa shape index (κ3) is 3.42. The summed E-state index contributed by atoms with van der Waals surface area (Å²) in [6, 6.07) is 12.9. The molecule has 2 aromatic carbocycles. The van der Waals surface area contributed by atoms with Crippen molar-refractivity contribution in [2.45, 2.75) is 13.5 Å². The zero-order valence-corrected chi connectivity index (χ0v) is 12.4. The smallest absolute Gasteiger partial charge is 0.338 e. The predicted octanol–water partition coefficient (Wildman–Crippen LogP) is 3.07. The zero-order chi connectivity index (χ0) is 16.2. The van der Waals surface area contributed by atoms with Crippen molar-refractivity contribution in [3.05, 3.63) is 77.4 Å². The molecule has 116 valence electrons. The Morgan fingerprint density at radius 1 is 1.17 bits per heavy atom. The number of halogens is 1. The summed E-state index contributed by atoms with van der Waals surface area (Å²) in [5.74, 6) is -0.932. The second kappa shape index (κ2) is 6.39. The molecular weight excluding hydrogens is 297 g/mol. The second-order valence-electron chi connectivity index (χ2n) is 5.02. The molecule has 1 aromatic heterocycles. The minimum Gasteiger partial charge on any atom is -0.455 e. The first-order valence-electron chi connectivity index (χ1n) is 7.03. The van der Waals surface area contributed by atoms with Gasteiger partial charge in [0.1, 0.15) is 18.1 Å². The van der Waals surface area contributed by atoms with Crippen molar-refractivity contribution < 1.29 is 13.9 Å². The number of para-hydroxylation sites is 1. The summed E-state index contributed by atoms with van der Waals surface area (Å²) in [5, 5.41) is 8.02. The van der Waals surface area contributed by atoms with Gasteiger partial charge in [-0.3, -0.25) is 0 Å². The van der Waals surface area contributed by atoms with Gasteiger partial charge in [-0.05, 0) is 42.8 Å². The van der Waals surface area contributed by atoms with Gasteiger partial charge in [0.25, 0.3) is 0 Å². The minimum absolute atomic E-state index is 0.00207. The second-order valence-corrected chi connectivity index (χ2v) is 5.02. The Bertz CT molecular complexity index is 828. The molecule has 6 heteroatoms. The van der Waals surface area contributed by atoms with Crippen LogP contribution in [0.15, 0.2) is 54.7 Å². The number of carbonyl (C=O) groups is 1. The molecular formula is C17H14FN3O2. The molecule has 0 fully saturated rings. The number of ether oxygens (including phenoxy) is 1. The highest BCUT2D eigenvalue weighted by Gasteiger charge is 2.10. The number of esters is 1. The number of aromatic nitrogens is 3. The average Bonchev–Trinajstić information content (AvgIpc) is 3.02. The fourth-order valence-electron chi connectivity index (χ4n) is 2.11. The van der Waals surface area contributed by atoms with Gasteiger partial charge in [0, 0.05) is 0 Å². The lowest BCUT2D eigenvalue weighted by Crippen LogP contribution is -2.05. The van der Waals surface area contributed by atoms with Crippen LogP contribution in [0.25, 0.3) is 5.69 Å². The maximum absolute atomic E-state index is 12.8. The molecule has 0 atom stereocenters. The molecule has 0 N–H and O–H groups in total. The quantitative estimate of drug-likeness (QED) is 0.695. The van der Waals surface area contributed by atoms with Gasteiger partial charge < -0.3 is 4.74 Å². The summed E-state index contributed by atoms with van der Waals surface area (Å²) in [7, 11) is 0. The Hall–Kier alpha value is -3.02. The van der Waals surface area contributed by atoms with Gasteiger partial charge in [-0.15, -0.1) is 5.10 Å². The van der Waals surface area contributed by atoms with E-state index in [1.165, 1.54) is 24.3 Å². The van der Waals surface area contributed by atoms with Crippen LogP contribution < -0.4 is 0 Å². The molecule has 0 radical (unpaired) electrons. The SMILES string of the molecule is Cc1ccccc1-n1cc(COC(=O)c2ccc(F)cc2)nn1. The van der Waals surface area contributed by atoms with E-state index >= 15 is 0 Å². The zero-order valence-electron chi connectivity index (χ0n) is 12.4. The Morgan fingerprint density at radius 3 is 2.65 bits per heavy atom. The van der Waals surface area contributed by atoms with E-state index in [-0.39, 0.29) is 12.2 Å². The molecule has 0 saturated carbocycles. The minimum atomic E-state index is -0.532. The molecule has 0 aliphatic carbocycles. The number of benzene rings is 2. The monoisotopic (exact) mass is 311 g/mol. The number of aryl methyl sites for hydroxylation is 1. The lowest BCUT2D eigenvalue weighted by molar-refractivity contribution is 0.0467. The third-order valence-corrected chi connectivity index (χ3v) is 3.33. The molecule has 5 nitrogen and oxygen atoms in total. The van der Waals surface area contributed by atoms with Crippen LogP contribution in [0.2, 0.25) is 0 Å². The summed E-state index contributed by atoms with van der Waals surface area (Å²) in [6.07, 6.45) is 1.71. The van der Waals surface area contributed by atoms with Gasteiger partial charge in [0.15, 0.2) is 0 Å². The van der Waals surface area contributed by atoms with E-state index in [9.17, 15) is 9.18 Å². The van der Waals surface area contributed by atoms with Crippen LogP contribution in [-0.4, -0.2) is 21.0 Å². The topological polar surface area (TPSA) is 57.0 Å². The van der Waals surface area contributed by atoms with Gasteiger partial charge >= 0.3 is 5.97 Å². The van der Waals surface area contributed by atoms with Gasteiger partial charge in [-0.1, -0.05) is 23.4 Å². The average molecular weight is 311 g/mol. The highest BCUT2D eigenvalue weighted by atomic mass is 19.1. The maximum atomic E-state index is 12.8. The van der Waals surface area contributed by atoms with Crippen molar-refractivity contribution in [1.29, 1.82) is 0 Å². The summed E-state index contributed by atoms with van der Waals surface area (Å²) in [6.45, 7) is 1.98. The highest BCUT2D eigenvalue weighted by molar-refractivity contribution is 5.89. The standard InChI is InChI=1S/C17H14FN3O2/c1-12-4-2-3-5-16(12)21-10-15(19-20-21)11-23-17(22)13-6-8-14(18)9-7-13/h2-10H,11H2,1H3. The van der Waals surface area contributed by atoms with Crippen molar-refractivity contribution in [3.8, 4) is 5.69 Å². The van der Waals surface area contributed by atoms with Gasteiger partial charge in [-0.25, -0.2) is 13.9 Å². The first-order valence-corrected chi connectivity index (χ1v) is 7.03. The van der Waals surface area contributed by atoms with Crippen LogP contribution in [0.5, 0.6) is 0 Å². The van der Waals surface area contributed by atoms with E-state index in [0.717, 1.165) is 11.3 Å². The summed E-state index contributed by atoms with van der Waals surface area (Å²) < 4.78 is 19.6. The molecule has 3 rings (SSSR count). The Labute approximate surface area is 132 Å². The van der Waals surface area contributed by atoms with Crippen LogP contribution >= 0.6 is 0 Å². The van der Waals surface area contributed by atoms with Crippen molar-refractivity contribution in [2.24, 2.45) is 0 Å². The maximum Gasteiger partial charge on any atom is 0.338 e. The van der Waals surface area contributed by atoms with Gasteiger partial charge in [-0.2, -0.15) is 0 Å². The number of rotatable bonds is 4. The van der Waals surface area contributed by atoms with E-state index in [0.29, 0.717) is 5.69 Å². The van der Waals surface area contributed by atoms with E-state index in [2.05, 4.69) is 10.3 Å². The fourth-order valence-corrected chi connectivity index (χ4v) is 2.11. The third-order valence-electron chi connectivity index (χ3n) is 3.33. The Balaban J connectivity index is 1.67. The predicted molar refractivity (Wildman–Crippen MR) is 81.6 cm³/mol. The molecule has 0 bridgehead atoms. The molecule has 0 amide bonds. The fraction of sp³-hybridized carbons (Fsp3) is 0.118. The Morgan fingerprint density at radius 2 is 1.91 bits per heavy atom. The van der Waals surface area contributed by atoms with Crippen LogP contribution in [0.1, 0.15) is 21.6 Å².